The van der Waals surface area contributed by atoms with E-state index in [0.29, 0.717) is 23.1 Å². The van der Waals surface area contributed by atoms with Crippen LogP contribution in [0.5, 0.6) is 0 Å². The molecule has 0 atom stereocenters. The number of aromatic nitrogens is 3. The van der Waals surface area contributed by atoms with Crippen LogP contribution in [-0.4, -0.2) is 58.7 Å². The van der Waals surface area contributed by atoms with Crippen LogP contribution in [0, 0.1) is 6.92 Å². The van der Waals surface area contributed by atoms with Crippen molar-refractivity contribution >= 4 is 35.0 Å². The van der Waals surface area contributed by atoms with E-state index < -0.39 is 0 Å². The first-order valence-corrected chi connectivity index (χ1v) is 12.5. The van der Waals surface area contributed by atoms with Crippen molar-refractivity contribution in [2.45, 2.75) is 58.0 Å². The SMILES string of the molecule is CCc1nc(C)cn2cc(NC(=O)c3ccc(N4CCC(NC5CC5)CC4)c(C=NC)c3N)nc12. The summed E-state index contributed by atoms with van der Waals surface area (Å²) in [6.07, 6.45) is 11.0. The first-order valence-electron chi connectivity index (χ1n) is 12.5. The summed E-state index contributed by atoms with van der Waals surface area (Å²) in [5, 5.41) is 6.65. The minimum Gasteiger partial charge on any atom is -0.397 e. The number of nitrogens with zero attached hydrogens (tertiary/aromatic N) is 5. The fourth-order valence-electron chi connectivity index (χ4n) is 4.91. The number of rotatable bonds is 7. The first-order chi connectivity index (χ1) is 17.0. The number of fused-ring (bicyclic) bond motifs is 1. The third-order valence-electron chi connectivity index (χ3n) is 6.86. The van der Waals surface area contributed by atoms with E-state index in [9.17, 15) is 4.79 Å². The van der Waals surface area contributed by atoms with Crippen molar-refractivity contribution in [3.63, 3.8) is 0 Å². The van der Waals surface area contributed by atoms with Gasteiger partial charge in [-0.05, 0) is 51.2 Å². The molecule has 2 aromatic heterocycles. The lowest BCUT2D eigenvalue weighted by atomic mass is 10.00. The van der Waals surface area contributed by atoms with Crippen molar-refractivity contribution in [2.24, 2.45) is 4.99 Å². The number of carbonyl (C=O) groups excluding carboxylic acids is 1. The molecule has 1 aromatic carbocycles. The van der Waals surface area contributed by atoms with E-state index in [0.717, 1.165) is 66.7 Å². The second-order valence-corrected chi connectivity index (χ2v) is 9.54. The number of hydrogen-bond acceptors (Lipinski definition) is 7. The predicted molar refractivity (Wildman–Crippen MR) is 141 cm³/mol. The summed E-state index contributed by atoms with van der Waals surface area (Å²) in [6.45, 7) is 5.89. The third-order valence-corrected chi connectivity index (χ3v) is 6.86. The molecule has 1 saturated heterocycles. The summed E-state index contributed by atoms with van der Waals surface area (Å²) < 4.78 is 1.90. The standard InChI is InChI=1S/C26H34N8O/c1-4-21-25-31-23(15-34(25)14-16(2)29-21)32-26(35)19-7-8-22(20(13-28-3)24(19)27)33-11-9-18(10-12-33)30-17-5-6-17/h7-8,13-15,17-18,30H,4-6,9-12,27H2,1-3H3,(H,32,35). The fraction of sp³-hybridized carbons (Fsp3) is 0.462. The molecule has 5 rings (SSSR count). The molecule has 9 nitrogen and oxygen atoms in total. The number of nitrogens with two attached hydrogens (primary N) is 1. The summed E-state index contributed by atoms with van der Waals surface area (Å²) in [5.41, 5.74) is 11.7. The molecule has 2 aliphatic rings. The van der Waals surface area contributed by atoms with Crippen molar-refractivity contribution < 1.29 is 4.79 Å². The minimum absolute atomic E-state index is 0.293. The van der Waals surface area contributed by atoms with Gasteiger partial charge in [0.2, 0.25) is 0 Å². The van der Waals surface area contributed by atoms with Gasteiger partial charge in [0.05, 0.1) is 28.8 Å². The zero-order valence-corrected chi connectivity index (χ0v) is 20.7. The summed E-state index contributed by atoms with van der Waals surface area (Å²) in [6, 6.07) is 5.11. The van der Waals surface area contributed by atoms with E-state index in [1.165, 1.54) is 12.8 Å². The van der Waals surface area contributed by atoms with Crippen molar-refractivity contribution in [2.75, 3.05) is 36.1 Å². The Morgan fingerprint density at radius 1 is 1.17 bits per heavy atom. The van der Waals surface area contributed by atoms with Gasteiger partial charge in [-0.3, -0.25) is 14.8 Å². The van der Waals surface area contributed by atoms with Crippen LogP contribution in [0.3, 0.4) is 0 Å². The molecular formula is C26H34N8O. The number of amides is 1. The minimum atomic E-state index is -0.293. The Labute approximate surface area is 205 Å². The van der Waals surface area contributed by atoms with E-state index in [1.54, 1.807) is 25.5 Å². The molecule has 1 saturated carbocycles. The summed E-state index contributed by atoms with van der Waals surface area (Å²) in [5.74, 6) is 0.176. The smallest absolute Gasteiger partial charge is 0.258 e. The lowest BCUT2D eigenvalue weighted by Crippen LogP contribution is -2.43. The van der Waals surface area contributed by atoms with Crippen molar-refractivity contribution in [3.8, 4) is 0 Å². The highest BCUT2D eigenvalue weighted by molar-refractivity contribution is 6.11. The van der Waals surface area contributed by atoms with Crippen LogP contribution in [-0.2, 0) is 6.42 Å². The Bertz CT molecular complexity index is 1270. The zero-order chi connectivity index (χ0) is 24.5. The van der Waals surface area contributed by atoms with Gasteiger partial charge in [-0.15, -0.1) is 0 Å². The molecule has 35 heavy (non-hydrogen) atoms. The van der Waals surface area contributed by atoms with Gasteiger partial charge in [0, 0.05) is 55.9 Å². The number of hydrogen-bond donors (Lipinski definition) is 3. The maximum absolute atomic E-state index is 13.2. The fourth-order valence-corrected chi connectivity index (χ4v) is 4.91. The molecule has 0 unspecified atom stereocenters. The van der Waals surface area contributed by atoms with E-state index in [2.05, 4.69) is 30.5 Å². The molecule has 9 heteroatoms. The number of benzene rings is 1. The Morgan fingerprint density at radius 3 is 2.60 bits per heavy atom. The van der Waals surface area contributed by atoms with E-state index >= 15 is 0 Å². The number of imidazole rings is 1. The van der Waals surface area contributed by atoms with Gasteiger partial charge >= 0.3 is 0 Å². The van der Waals surface area contributed by atoms with Crippen molar-refractivity contribution in [1.82, 2.24) is 19.7 Å². The second kappa shape index (κ2) is 9.65. The maximum Gasteiger partial charge on any atom is 0.258 e. The molecule has 0 radical (unpaired) electrons. The molecule has 4 N–H and O–H groups in total. The van der Waals surface area contributed by atoms with Gasteiger partial charge in [-0.1, -0.05) is 6.92 Å². The highest BCUT2D eigenvalue weighted by atomic mass is 16.1. The molecule has 184 valence electrons. The Morgan fingerprint density at radius 2 is 1.91 bits per heavy atom. The quantitative estimate of drug-likeness (QED) is 0.358. The number of carbonyl (C=O) groups is 1. The zero-order valence-electron chi connectivity index (χ0n) is 20.7. The average Bonchev–Trinajstić information content (AvgIpc) is 3.57. The Kier molecular flexibility index (Phi) is 6.42. The van der Waals surface area contributed by atoms with Crippen LogP contribution in [0.15, 0.2) is 29.5 Å². The second-order valence-electron chi connectivity index (χ2n) is 9.54. The Balaban J connectivity index is 1.36. The number of piperidine rings is 1. The third kappa shape index (κ3) is 4.86. The maximum atomic E-state index is 13.2. The largest absolute Gasteiger partial charge is 0.397 e. The van der Waals surface area contributed by atoms with Gasteiger partial charge in [-0.2, -0.15) is 0 Å². The molecule has 2 fully saturated rings. The molecule has 1 amide bonds. The van der Waals surface area contributed by atoms with Gasteiger partial charge in [0.1, 0.15) is 0 Å². The van der Waals surface area contributed by atoms with Crippen LogP contribution in [0.1, 0.15) is 59.9 Å². The highest BCUT2D eigenvalue weighted by Crippen LogP contribution is 2.31. The van der Waals surface area contributed by atoms with E-state index in [4.69, 9.17) is 5.73 Å². The molecule has 3 aromatic rings. The monoisotopic (exact) mass is 474 g/mol. The molecule has 0 bridgehead atoms. The molecule has 3 heterocycles. The number of anilines is 3. The first kappa shape index (κ1) is 23.3. The van der Waals surface area contributed by atoms with Crippen LogP contribution < -0.4 is 21.3 Å². The molecule has 1 aliphatic heterocycles. The van der Waals surface area contributed by atoms with Gasteiger partial charge in [0.25, 0.3) is 5.91 Å². The lowest BCUT2D eigenvalue weighted by Gasteiger charge is -2.35. The van der Waals surface area contributed by atoms with Crippen molar-refractivity contribution in [3.05, 3.63) is 47.0 Å². The van der Waals surface area contributed by atoms with Gasteiger partial charge < -0.3 is 25.7 Å². The topological polar surface area (TPSA) is 113 Å². The van der Waals surface area contributed by atoms with Crippen LogP contribution >= 0.6 is 0 Å². The normalized spacial score (nSPS) is 16.9. The number of nitrogen functional groups attached to an aromatic ring is 1. The highest BCUT2D eigenvalue weighted by Gasteiger charge is 2.28. The molecular weight excluding hydrogens is 440 g/mol. The lowest BCUT2D eigenvalue weighted by molar-refractivity contribution is 0.102. The Hall–Kier alpha value is -3.46. The van der Waals surface area contributed by atoms with Gasteiger partial charge in [-0.25, -0.2) is 4.98 Å². The van der Waals surface area contributed by atoms with Gasteiger partial charge in [0.15, 0.2) is 11.5 Å². The number of aryl methyl sites for hydroxylation is 2. The van der Waals surface area contributed by atoms with Crippen molar-refractivity contribution in [1.29, 1.82) is 0 Å². The predicted octanol–water partition coefficient (Wildman–Crippen LogP) is 3.20. The van der Waals surface area contributed by atoms with E-state index in [1.807, 2.05) is 30.5 Å². The summed E-state index contributed by atoms with van der Waals surface area (Å²) >= 11 is 0. The molecule has 1 aliphatic carbocycles. The number of nitrogens with one attached hydrogen (secondary N) is 2. The van der Waals surface area contributed by atoms with Crippen LogP contribution in [0.2, 0.25) is 0 Å². The van der Waals surface area contributed by atoms with E-state index in [-0.39, 0.29) is 5.91 Å². The average molecular weight is 475 g/mol. The summed E-state index contributed by atoms with van der Waals surface area (Å²) in [7, 11) is 1.72. The summed E-state index contributed by atoms with van der Waals surface area (Å²) in [4.78, 5) is 28.9. The van der Waals surface area contributed by atoms with Crippen LogP contribution in [0.4, 0.5) is 17.2 Å². The van der Waals surface area contributed by atoms with Crippen LogP contribution in [0.25, 0.3) is 5.65 Å². The number of aliphatic imine (C=N–C) groups is 1. The molecule has 0 spiro atoms.